The van der Waals surface area contributed by atoms with E-state index >= 15 is 0 Å². The summed E-state index contributed by atoms with van der Waals surface area (Å²) in [5.74, 6) is -2.58. The number of unbranched alkanes of at least 4 members (excludes halogenated alkanes) is 1. The molecular weight excluding hydrogens is 435 g/mol. The lowest BCUT2D eigenvalue weighted by molar-refractivity contribution is -0.276. The highest BCUT2D eigenvalue weighted by atomic mass is 19.4. The molecule has 2 aliphatic rings. The predicted molar refractivity (Wildman–Crippen MR) is 120 cm³/mol. The quantitative estimate of drug-likeness (QED) is 0.388. The molecule has 6 heteroatoms. The molecule has 0 radical (unpaired) electrons. The van der Waals surface area contributed by atoms with Gasteiger partial charge in [0.15, 0.2) is 11.6 Å². The van der Waals surface area contributed by atoms with E-state index in [0.29, 0.717) is 12.3 Å². The number of rotatable bonds is 6. The Kier molecular flexibility index (Phi) is 7.10. The van der Waals surface area contributed by atoms with Crippen LogP contribution in [0.25, 0.3) is 11.6 Å². The normalized spacial score (nSPS) is 20.8. The van der Waals surface area contributed by atoms with E-state index in [-0.39, 0.29) is 17.5 Å². The van der Waals surface area contributed by atoms with Crippen molar-refractivity contribution in [3.05, 3.63) is 64.2 Å². The third-order valence-electron chi connectivity index (χ3n) is 7.07. The fraction of sp³-hybridized carbons (Fsp3) is 0.481. The molecule has 0 aromatic heterocycles. The first-order chi connectivity index (χ1) is 15.7. The first-order valence-corrected chi connectivity index (χ1v) is 11.8. The molecule has 0 spiro atoms. The molecule has 0 unspecified atom stereocenters. The van der Waals surface area contributed by atoms with Crippen molar-refractivity contribution in [2.75, 3.05) is 0 Å². The van der Waals surface area contributed by atoms with E-state index in [2.05, 4.69) is 23.8 Å². The number of alkyl halides is 3. The Labute approximate surface area is 191 Å². The Morgan fingerprint density at radius 2 is 1.67 bits per heavy atom. The summed E-state index contributed by atoms with van der Waals surface area (Å²) in [5, 5.41) is 0. The first-order valence-electron chi connectivity index (χ1n) is 11.8. The van der Waals surface area contributed by atoms with Crippen LogP contribution in [0.2, 0.25) is 0 Å². The molecule has 0 atom stereocenters. The summed E-state index contributed by atoms with van der Waals surface area (Å²) in [6.07, 6.45) is 6.05. The van der Waals surface area contributed by atoms with Gasteiger partial charge in [-0.25, -0.2) is 8.78 Å². The second kappa shape index (κ2) is 9.86. The topological polar surface area (TPSA) is 9.23 Å². The molecule has 2 aromatic rings. The van der Waals surface area contributed by atoms with Crippen LogP contribution < -0.4 is 4.74 Å². The van der Waals surface area contributed by atoms with Gasteiger partial charge in [0.05, 0.1) is 0 Å². The maximum atomic E-state index is 14.5. The van der Waals surface area contributed by atoms with E-state index in [1.54, 1.807) is 6.08 Å². The summed E-state index contributed by atoms with van der Waals surface area (Å²) in [6, 6.07) is 9.30. The van der Waals surface area contributed by atoms with E-state index in [1.807, 2.05) is 12.1 Å². The summed E-state index contributed by atoms with van der Waals surface area (Å²) in [7, 11) is 0. The van der Waals surface area contributed by atoms with E-state index in [9.17, 15) is 22.0 Å². The van der Waals surface area contributed by atoms with Crippen molar-refractivity contribution in [2.45, 2.75) is 77.0 Å². The van der Waals surface area contributed by atoms with Crippen molar-refractivity contribution in [3.63, 3.8) is 0 Å². The van der Waals surface area contributed by atoms with E-state index < -0.39 is 23.7 Å². The Morgan fingerprint density at radius 3 is 2.30 bits per heavy atom. The summed E-state index contributed by atoms with van der Waals surface area (Å²) in [4.78, 5) is 0. The minimum Gasteiger partial charge on any atom is -0.399 e. The SMILES string of the molecule is CCCCC1CCC(c2ccc(C3=Cc4cc(F)c(OC(F)(F)F)c(F)c4CC3)cc2)CC1. The molecule has 0 bridgehead atoms. The zero-order chi connectivity index (χ0) is 23.6. The number of halogens is 5. The number of benzene rings is 2. The monoisotopic (exact) mass is 464 g/mol. The van der Waals surface area contributed by atoms with Gasteiger partial charge in [0.25, 0.3) is 0 Å². The second-order valence-corrected chi connectivity index (χ2v) is 9.27. The lowest BCUT2D eigenvalue weighted by Gasteiger charge is -2.29. The van der Waals surface area contributed by atoms with Crippen LogP contribution in [0.5, 0.6) is 5.75 Å². The van der Waals surface area contributed by atoms with Gasteiger partial charge in [-0.2, -0.15) is 0 Å². The van der Waals surface area contributed by atoms with Crippen LogP contribution in [-0.2, 0) is 6.42 Å². The summed E-state index contributed by atoms with van der Waals surface area (Å²) >= 11 is 0. The molecular formula is C27H29F5O. The van der Waals surface area contributed by atoms with Gasteiger partial charge in [0.1, 0.15) is 0 Å². The summed E-state index contributed by atoms with van der Waals surface area (Å²) in [5.41, 5.74) is 3.53. The van der Waals surface area contributed by atoms with E-state index in [4.69, 9.17) is 0 Å². The third-order valence-corrected chi connectivity index (χ3v) is 7.07. The highest BCUT2D eigenvalue weighted by Crippen LogP contribution is 2.40. The number of hydrogen-bond acceptors (Lipinski definition) is 1. The summed E-state index contributed by atoms with van der Waals surface area (Å²) < 4.78 is 69.7. The standard InChI is InChI=1S/C27H29F5O/c1-2-3-4-17-5-7-18(8-6-17)19-9-11-20(12-10-19)21-13-14-23-22(15-21)16-24(28)26(25(23)29)33-27(30,31)32/h9-12,15-18H,2-8,13-14H2,1H3. The van der Waals surface area contributed by atoms with Crippen LogP contribution in [-0.4, -0.2) is 6.36 Å². The predicted octanol–water partition coefficient (Wildman–Crippen LogP) is 8.81. The van der Waals surface area contributed by atoms with Gasteiger partial charge in [-0.1, -0.05) is 56.5 Å². The zero-order valence-corrected chi connectivity index (χ0v) is 18.8. The molecule has 178 valence electrons. The molecule has 2 aromatic carbocycles. The van der Waals surface area contributed by atoms with Crippen molar-refractivity contribution in [3.8, 4) is 5.75 Å². The van der Waals surface area contributed by atoms with Gasteiger partial charge in [-0.15, -0.1) is 13.2 Å². The Hall–Kier alpha value is -2.37. The van der Waals surface area contributed by atoms with Crippen LogP contribution >= 0.6 is 0 Å². The fourth-order valence-corrected chi connectivity index (χ4v) is 5.24. The third kappa shape index (κ3) is 5.59. The molecule has 0 heterocycles. The fourth-order valence-electron chi connectivity index (χ4n) is 5.24. The largest absolute Gasteiger partial charge is 0.573 e. The average Bonchev–Trinajstić information content (AvgIpc) is 2.80. The second-order valence-electron chi connectivity index (χ2n) is 9.27. The van der Waals surface area contributed by atoms with Crippen molar-refractivity contribution >= 4 is 11.6 Å². The number of hydrogen-bond donors (Lipinski definition) is 0. The number of fused-ring (bicyclic) bond motifs is 1. The van der Waals surface area contributed by atoms with Gasteiger partial charge < -0.3 is 4.74 Å². The number of ether oxygens (including phenoxy) is 1. The molecule has 33 heavy (non-hydrogen) atoms. The van der Waals surface area contributed by atoms with Crippen LogP contribution in [0.4, 0.5) is 22.0 Å². The molecule has 1 saturated carbocycles. The highest BCUT2D eigenvalue weighted by Gasteiger charge is 2.35. The van der Waals surface area contributed by atoms with Gasteiger partial charge in [0.2, 0.25) is 5.75 Å². The molecule has 1 fully saturated rings. The van der Waals surface area contributed by atoms with Gasteiger partial charge >= 0.3 is 6.36 Å². The van der Waals surface area contributed by atoms with Crippen molar-refractivity contribution < 1.29 is 26.7 Å². The van der Waals surface area contributed by atoms with Crippen LogP contribution in [0.3, 0.4) is 0 Å². The molecule has 4 rings (SSSR count). The van der Waals surface area contributed by atoms with E-state index in [1.165, 1.54) is 50.5 Å². The maximum absolute atomic E-state index is 14.5. The van der Waals surface area contributed by atoms with Gasteiger partial charge in [-0.05, 0) is 84.3 Å². The van der Waals surface area contributed by atoms with E-state index in [0.717, 1.165) is 23.1 Å². The van der Waals surface area contributed by atoms with Gasteiger partial charge in [-0.3, -0.25) is 0 Å². The molecule has 0 N–H and O–H groups in total. The molecule has 0 amide bonds. The minimum absolute atomic E-state index is 0.0517. The Morgan fingerprint density at radius 1 is 0.970 bits per heavy atom. The zero-order valence-electron chi connectivity index (χ0n) is 18.8. The lowest BCUT2D eigenvalue weighted by atomic mass is 9.77. The molecule has 1 nitrogen and oxygen atoms in total. The van der Waals surface area contributed by atoms with Crippen molar-refractivity contribution in [1.29, 1.82) is 0 Å². The average molecular weight is 465 g/mol. The summed E-state index contributed by atoms with van der Waals surface area (Å²) in [6.45, 7) is 2.24. The minimum atomic E-state index is -5.15. The van der Waals surface area contributed by atoms with Gasteiger partial charge in [0, 0.05) is 0 Å². The van der Waals surface area contributed by atoms with Crippen LogP contribution in [0.1, 0.15) is 86.5 Å². The Balaban J connectivity index is 1.48. The highest BCUT2D eigenvalue weighted by molar-refractivity contribution is 5.84. The van der Waals surface area contributed by atoms with Crippen LogP contribution in [0, 0.1) is 17.6 Å². The molecule has 0 aliphatic heterocycles. The molecule has 0 saturated heterocycles. The smallest absolute Gasteiger partial charge is 0.399 e. The number of allylic oxidation sites excluding steroid dienone is 1. The maximum Gasteiger partial charge on any atom is 0.573 e. The first kappa shape index (κ1) is 23.8. The molecule has 2 aliphatic carbocycles. The van der Waals surface area contributed by atoms with Crippen molar-refractivity contribution in [2.24, 2.45) is 5.92 Å². The Bertz CT molecular complexity index is 999. The van der Waals surface area contributed by atoms with Crippen molar-refractivity contribution in [1.82, 2.24) is 0 Å². The lowest BCUT2D eigenvalue weighted by Crippen LogP contribution is -2.20. The van der Waals surface area contributed by atoms with Crippen LogP contribution in [0.15, 0.2) is 30.3 Å².